The van der Waals surface area contributed by atoms with Crippen LogP contribution in [0.3, 0.4) is 0 Å². The van der Waals surface area contributed by atoms with Crippen molar-refractivity contribution < 1.29 is 4.79 Å². The lowest BCUT2D eigenvalue weighted by atomic mass is 9.99. The molecule has 0 bridgehead atoms. The second kappa shape index (κ2) is 5.88. The van der Waals surface area contributed by atoms with E-state index in [4.69, 9.17) is 5.73 Å². The van der Waals surface area contributed by atoms with Crippen molar-refractivity contribution in [3.8, 4) is 0 Å². The Balaban J connectivity index is 2.04. The second-order valence-electron chi connectivity index (χ2n) is 6.16. The molecule has 1 amide bonds. The minimum absolute atomic E-state index is 0.0871. The Morgan fingerprint density at radius 3 is 2.95 bits per heavy atom. The lowest BCUT2D eigenvalue weighted by Crippen LogP contribution is -2.43. The van der Waals surface area contributed by atoms with Gasteiger partial charge in [-0.15, -0.1) is 11.3 Å². The van der Waals surface area contributed by atoms with E-state index in [0.717, 1.165) is 47.3 Å². The van der Waals surface area contributed by atoms with Gasteiger partial charge < -0.3 is 10.6 Å². The summed E-state index contributed by atoms with van der Waals surface area (Å²) in [6.07, 6.45) is 4.41. The molecular weight excluding hydrogens is 294 g/mol. The summed E-state index contributed by atoms with van der Waals surface area (Å²) in [5.41, 5.74) is 8.98. The Bertz CT molecular complexity index is 722. The fourth-order valence-corrected chi connectivity index (χ4v) is 4.62. The number of nitrogens with two attached hydrogens (primary N) is 1. The highest BCUT2D eigenvalue weighted by atomic mass is 32.1. The molecule has 0 aromatic carbocycles. The van der Waals surface area contributed by atoms with Crippen LogP contribution in [0.25, 0.3) is 10.2 Å². The van der Waals surface area contributed by atoms with Gasteiger partial charge in [0.15, 0.2) is 0 Å². The van der Waals surface area contributed by atoms with Crippen LogP contribution in [0.15, 0.2) is 6.07 Å². The highest BCUT2D eigenvalue weighted by Crippen LogP contribution is 2.36. The zero-order valence-corrected chi connectivity index (χ0v) is 14.3. The molecule has 2 N–H and O–H groups in total. The molecule has 2 aromatic rings. The molecule has 0 spiro atoms. The number of nitrogens with zero attached hydrogens (tertiary/aromatic N) is 2. The number of likely N-dealkylation sites (tertiary alicyclic amines) is 1. The average molecular weight is 317 g/mol. The zero-order valence-electron chi connectivity index (χ0n) is 13.5. The molecule has 1 fully saturated rings. The summed E-state index contributed by atoms with van der Waals surface area (Å²) in [4.78, 5) is 21.1. The van der Waals surface area contributed by atoms with E-state index in [1.54, 1.807) is 0 Å². The minimum Gasteiger partial charge on any atom is -0.397 e. The van der Waals surface area contributed by atoms with Crippen molar-refractivity contribution in [2.45, 2.75) is 52.5 Å². The van der Waals surface area contributed by atoms with Crippen LogP contribution < -0.4 is 5.73 Å². The highest BCUT2D eigenvalue weighted by molar-refractivity contribution is 7.21. The van der Waals surface area contributed by atoms with Crippen molar-refractivity contribution in [2.75, 3.05) is 12.3 Å². The number of nitrogen functional groups attached to an aromatic ring is 1. The smallest absolute Gasteiger partial charge is 0.266 e. The lowest BCUT2D eigenvalue weighted by Gasteiger charge is -2.35. The van der Waals surface area contributed by atoms with E-state index < -0.39 is 0 Å². The molecule has 118 valence electrons. The summed E-state index contributed by atoms with van der Waals surface area (Å²) in [5, 5.41) is 0.948. The molecule has 0 saturated carbocycles. The first-order valence-electron chi connectivity index (χ1n) is 8.00. The van der Waals surface area contributed by atoms with Crippen LogP contribution in [0.4, 0.5) is 5.69 Å². The largest absolute Gasteiger partial charge is 0.397 e. The molecule has 1 saturated heterocycles. The predicted octanol–water partition coefficient (Wildman–Crippen LogP) is 3.90. The topological polar surface area (TPSA) is 59.2 Å². The first-order valence-corrected chi connectivity index (χ1v) is 8.81. The normalized spacial score (nSPS) is 18.9. The van der Waals surface area contributed by atoms with Crippen LogP contribution in [-0.4, -0.2) is 28.4 Å². The van der Waals surface area contributed by atoms with Gasteiger partial charge in [0.05, 0.1) is 5.69 Å². The number of hydrogen-bond acceptors (Lipinski definition) is 4. The van der Waals surface area contributed by atoms with Crippen molar-refractivity contribution in [1.82, 2.24) is 9.88 Å². The summed E-state index contributed by atoms with van der Waals surface area (Å²) in [6, 6.07) is 2.37. The quantitative estimate of drug-likeness (QED) is 0.914. The maximum atomic E-state index is 13.0. The summed E-state index contributed by atoms with van der Waals surface area (Å²) < 4.78 is 0. The van der Waals surface area contributed by atoms with E-state index in [1.807, 2.05) is 24.8 Å². The third-order valence-electron chi connectivity index (χ3n) is 4.58. The van der Waals surface area contributed by atoms with Crippen LogP contribution in [0.2, 0.25) is 0 Å². The number of carbonyl (C=O) groups is 1. The number of pyridine rings is 1. The van der Waals surface area contributed by atoms with Gasteiger partial charge in [0, 0.05) is 23.7 Å². The molecule has 2 aromatic heterocycles. The van der Waals surface area contributed by atoms with Crippen LogP contribution in [0.1, 0.15) is 53.5 Å². The molecule has 3 rings (SSSR count). The van der Waals surface area contributed by atoms with Gasteiger partial charge in [0.2, 0.25) is 0 Å². The molecule has 22 heavy (non-hydrogen) atoms. The number of fused-ring (bicyclic) bond motifs is 1. The Morgan fingerprint density at radius 1 is 1.45 bits per heavy atom. The number of hydrogen-bond donors (Lipinski definition) is 1. The molecule has 0 unspecified atom stereocenters. The summed E-state index contributed by atoms with van der Waals surface area (Å²) in [6.45, 7) is 7.00. The van der Waals surface area contributed by atoms with Gasteiger partial charge in [-0.25, -0.2) is 4.98 Å². The lowest BCUT2D eigenvalue weighted by molar-refractivity contribution is 0.0614. The van der Waals surface area contributed by atoms with E-state index in [1.165, 1.54) is 17.8 Å². The first kappa shape index (κ1) is 15.3. The van der Waals surface area contributed by atoms with Gasteiger partial charge in [-0.2, -0.15) is 0 Å². The van der Waals surface area contributed by atoms with E-state index in [9.17, 15) is 4.79 Å². The Morgan fingerprint density at radius 2 is 2.23 bits per heavy atom. The van der Waals surface area contributed by atoms with Gasteiger partial charge in [0.25, 0.3) is 5.91 Å². The minimum atomic E-state index is 0.0871. The van der Waals surface area contributed by atoms with Crippen molar-refractivity contribution in [2.24, 2.45) is 0 Å². The molecule has 5 heteroatoms. The van der Waals surface area contributed by atoms with Gasteiger partial charge in [0.1, 0.15) is 9.71 Å². The van der Waals surface area contributed by atoms with Crippen LogP contribution in [-0.2, 0) is 0 Å². The summed E-state index contributed by atoms with van der Waals surface area (Å²) >= 11 is 1.44. The average Bonchev–Trinajstić information content (AvgIpc) is 2.83. The Hall–Kier alpha value is -1.62. The fourth-order valence-electron chi connectivity index (χ4n) is 3.45. The van der Waals surface area contributed by atoms with Crippen molar-refractivity contribution in [3.63, 3.8) is 0 Å². The maximum absolute atomic E-state index is 13.0. The zero-order chi connectivity index (χ0) is 15.9. The number of rotatable bonds is 2. The number of aromatic nitrogens is 1. The number of thiophene rings is 1. The van der Waals surface area contributed by atoms with Crippen molar-refractivity contribution in [3.05, 3.63) is 22.2 Å². The number of amides is 1. The highest BCUT2D eigenvalue weighted by Gasteiger charge is 2.29. The number of aryl methyl sites for hydroxylation is 2. The van der Waals surface area contributed by atoms with Gasteiger partial charge in [-0.1, -0.05) is 6.92 Å². The van der Waals surface area contributed by atoms with Gasteiger partial charge >= 0.3 is 0 Å². The fraction of sp³-hybridized carbons (Fsp3) is 0.529. The maximum Gasteiger partial charge on any atom is 0.266 e. The number of carbonyl (C=O) groups excluding carboxylic acids is 1. The molecule has 0 aliphatic carbocycles. The molecule has 3 heterocycles. The molecule has 1 aliphatic heterocycles. The number of piperidine rings is 1. The van der Waals surface area contributed by atoms with Crippen LogP contribution in [0, 0.1) is 13.8 Å². The Kier molecular flexibility index (Phi) is 4.08. The van der Waals surface area contributed by atoms with E-state index in [-0.39, 0.29) is 5.91 Å². The second-order valence-corrected chi connectivity index (χ2v) is 7.16. The van der Waals surface area contributed by atoms with Crippen LogP contribution >= 0.6 is 11.3 Å². The summed E-state index contributed by atoms with van der Waals surface area (Å²) in [5.74, 6) is 0.0871. The SMILES string of the molecule is CC[C@@H]1CCCCN1C(=O)c1sc2nc(C)cc(C)c2c1N. The molecule has 4 nitrogen and oxygen atoms in total. The number of anilines is 1. The molecule has 1 atom stereocenters. The predicted molar refractivity (Wildman–Crippen MR) is 92.5 cm³/mol. The van der Waals surface area contributed by atoms with Crippen molar-refractivity contribution >= 4 is 33.1 Å². The van der Waals surface area contributed by atoms with Gasteiger partial charge in [-0.3, -0.25) is 4.79 Å². The van der Waals surface area contributed by atoms with E-state index in [0.29, 0.717) is 16.6 Å². The monoisotopic (exact) mass is 317 g/mol. The molecular formula is C17H23N3OS. The standard InChI is InChI=1S/C17H23N3OS/c1-4-12-7-5-6-8-20(12)17(21)15-14(18)13-10(2)9-11(3)19-16(13)22-15/h9,12H,4-8,18H2,1-3H3/t12-/m1/s1. The third-order valence-corrected chi connectivity index (χ3v) is 5.67. The van der Waals surface area contributed by atoms with E-state index >= 15 is 0 Å². The van der Waals surface area contributed by atoms with E-state index in [2.05, 4.69) is 11.9 Å². The van der Waals surface area contributed by atoms with Gasteiger partial charge in [-0.05, 0) is 51.2 Å². The third kappa shape index (κ3) is 2.47. The van der Waals surface area contributed by atoms with Crippen molar-refractivity contribution in [1.29, 1.82) is 0 Å². The van der Waals surface area contributed by atoms with Crippen LogP contribution in [0.5, 0.6) is 0 Å². The summed E-state index contributed by atoms with van der Waals surface area (Å²) in [7, 11) is 0. The Labute approximate surface area is 135 Å². The molecule has 0 radical (unpaired) electrons. The molecule has 1 aliphatic rings. The first-order chi connectivity index (χ1) is 10.5.